The molecule has 0 aliphatic carbocycles. The first-order valence-electron chi connectivity index (χ1n) is 6.73. The summed E-state index contributed by atoms with van der Waals surface area (Å²) in [7, 11) is 0. The number of aromatic nitrogens is 2. The molecule has 0 fully saturated rings. The van der Waals surface area contributed by atoms with Gasteiger partial charge in [0.2, 0.25) is 0 Å². The molecule has 2 aromatic rings. The van der Waals surface area contributed by atoms with Crippen LogP contribution in [0.3, 0.4) is 0 Å². The Morgan fingerprint density at radius 2 is 2.21 bits per heavy atom. The van der Waals surface area contributed by atoms with Gasteiger partial charge >= 0.3 is 0 Å². The highest BCUT2D eigenvalue weighted by Crippen LogP contribution is 2.24. The molecular formula is C15H19N3O. The van der Waals surface area contributed by atoms with Crippen molar-refractivity contribution in [3.63, 3.8) is 0 Å². The Hall–Kier alpha value is -1.65. The first-order valence-corrected chi connectivity index (χ1v) is 6.73. The van der Waals surface area contributed by atoms with Crippen molar-refractivity contribution in [2.45, 2.75) is 39.1 Å². The summed E-state index contributed by atoms with van der Waals surface area (Å²) in [6, 6.07) is 6.39. The Morgan fingerprint density at radius 1 is 1.37 bits per heavy atom. The highest BCUT2D eigenvalue weighted by Gasteiger charge is 2.15. The Kier molecular flexibility index (Phi) is 3.36. The van der Waals surface area contributed by atoms with Crippen molar-refractivity contribution in [2.24, 2.45) is 5.73 Å². The molecule has 3 rings (SSSR count). The van der Waals surface area contributed by atoms with Crippen LogP contribution in [0.15, 0.2) is 30.6 Å². The average molecular weight is 257 g/mol. The van der Waals surface area contributed by atoms with Gasteiger partial charge in [0.15, 0.2) is 0 Å². The fourth-order valence-electron chi connectivity index (χ4n) is 2.56. The highest BCUT2D eigenvalue weighted by atomic mass is 16.5. The maximum Gasteiger partial charge on any atom is 0.110 e. The van der Waals surface area contributed by atoms with E-state index in [9.17, 15) is 0 Å². The van der Waals surface area contributed by atoms with Crippen LogP contribution in [0.2, 0.25) is 0 Å². The van der Waals surface area contributed by atoms with Crippen LogP contribution >= 0.6 is 0 Å². The molecular weight excluding hydrogens is 238 g/mol. The molecule has 0 saturated carbocycles. The highest BCUT2D eigenvalue weighted by molar-refractivity contribution is 5.34. The Balaban J connectivity index is 1.79. The van der Waals surface area contributed by atoms with Gasteiger partial charge in [-0.05, 0) is 23.6 Å². The molecule has 0 radical (unpaired) electrons. The zero-order valence-corrected chi connectivity index (χ0v) is 11.2. The van der Waals surface area contributed by atoms with Crippen molar-refractivity contribution in [3.05, 3.63) is 53.1 Å². The monoisotopic (exact) mass is 257 g/mol. The molecule has 1 atom stereocenters. The third-order valence-corrected chi connectivity index (χ3v) is 3.72. The van der Waals surface area contributed by atoms with Gasteiger partial charge in [-0.3, -0.25) is 0 Å². The van der Waals surface area contributed by atoms with Crippen LogP contribution in [0.5, 0.6) is 0 Å². The van der Waals surface area contributed by atoms with Gasteiger partial charge in [-0.25, -0.2) is 4.98 Å². The van der Waals surface area contributed by atoms with Crippen molar-refractivity contribution in [3.8, 4) is 0 Å². The SMILES string of the molecule is CCn1ccnc1CC(N)c1ccc2c(c1)COC2. The summed E-state index contributed by atoms with van der Waals surface area (Å²) in [6.07, 6.45) is 4.60. The maximum atomic E-state index is 6.31. The average Bonchev–Trinajstić information content (AvgIpc) is 3.05. The molecule has 1 unspecified atom stereocenters. The minimum atomic E-state index is -0.0152. The Labute approximate surface area is 113 Å². The van der Waals surface area contributed by atoms with E-state index in [0.717, 1.165) is 31.0 Å². The molecule has 0 amide bonds. The lowest BCUT2D eigenvalue weighted by Crippen LogP contribution is -2.16. The number of nitrogens with zero attached hydrogens (tertiary/aromatic N) is 2. The molecule has 0 spiro atoms. The fourth-order valence-corrected chi connectivity index (χ4v) is 2.56. The van der Waals surface area contributed by atoms with Crippen LogP contribution in [0.25, 0.3) is 0 Å². The van der Waals surface area contributed by atoms with Crippen molar-refractivity contribution < 1.29 is 4.74 Å². The molecule has 19 heavy (non-hydrogen) atoms. The second-order valence-electron chi connectivity index (χ2n) is 4.96. The number of imidazole rings is 1. The summed E-state index contributed by atoms with van der Waals surface area (Å²) in [5.41, 5.74) is 10.0. The molecule has 1 aromatic carbocycles. The molecule has 4 heteroatoms. The first-order chi connectivity index (χ1) is 9.28. The van der Waals surface area contributed by atoms with Crippen molar-refractivity contribution in [1.29, 1.82) is 0 Å². The zero-order valence-electron chi connectivity index (χ0n) is 11.2. The van der Waals surface area contributed by atoms with Gasteiger partial charge in [-0.1, -0.05) is 18.2 Å². The second-order valence-corrected chi connectivity index (χ2v) is 4.96. The van der Waals surface area contributed by atoms with E-state index in [1.165, 1.54) is 11.1 Å². The summed E-state index contributed by atoms with van der Waals surface area (Å²) < 4.78 is 7.57. The molecule has 1 aromatic heterocycles. The zero-order chi connectivity index (χ0) is 13.2. The standard InChI is InChI=1S/C15H19N3O/c1-2-18-6-5-17-15(18)8-14(16)11-3-4-12-9-19-10-13(12)7-11/h3-7,14H,2,8-10,16H2,1H3. The second kappa shape index (κ2) is 5.15. The Morgan fingerprint density at radius 3 is 3.05 bits per heavy atom. The van der Waals surface area contributed by atoms with Gasteiger partial charge < -0.3 is 15.0 Å². The smallest absolute Gasteiger partial charge is 0.110 e. The van der Waals surface area contributed by atoms with Gasteiger partial charge in [0.25, 0.3) is 0 Å². The van der Waals surface area contributed by atoms with Crippen LogP contribution in [0.4, 0.5) is 0 Å². The third kappa shape index (κ3) is 2.41. The molecule has 1 aliphatic rings. The predicted molar refractivity (Wildman–Crippen MR) is 73.5 cm³/mol. The molecule has 2 N–H and O–H groups in total. The summed E-state index contributed by atoms with van der Waals surface area (Å²) in [4.78, 5) is 4.38. The number of hydrogen-bond donors (Lipinski definition) is 1. The number of hydrogen-bond acceptors (Lipinski definition) is 3. The summed E-state index contributed by atoms with van der Waals surface area (Å²) in [6.45, 7) is 4.48. The minimum Gasteiger partial charge on any atom is -0.372 e. The van der Waals surface area contributed by atoms with Gasteiger partial charge in [0.1, 0.15) is 5.82 Å². The number of aryl methyl sites for hydroxylation is 1. The fraction of sp³-hybridized carbons (Fsp3) is 0.400. The lowest BCUT2D eigenvalue weighted by atomic mass is 9.99. The van der Waals surface area contributed by atoms with Crippen LogP contribution in [0.1, 0.15) is 35.5 Å². The van der Waals surface area contributed by atoms with Crippen LogP contribution in [-0.2, 0) is 30.9 Å². The minimum absolute atomic E-state index is 0.0152. The topological polar surface area (TPSA) is 53.1 Å². The van der Waals surface area contributed by atoms with Gasteiger partial charge in [0, 0.05) is 31.4 Å². The predicted octanol–water partition coefficient (Wildman–Crippen LogP) is 2.18. The third-order valence-electron chi connectivity index (χ3n) is 3.72. The lowest BCUT2D eigenvalue weighted by Gasteiger charge is -2.14. The molecule has 1 aliphatic heterocycles. The van der Waals surface area contributed by atoms with Crippen molar-refractivity contribution in [1.82, 2.24) is 9.55 Å². The van der Waals surface area contributed by atoms with Gasteiger partial charge in [-0.15, -0.1) is 0 Å². The van der Waals surface area contributed by atoms with E-state index in [1.54, 1.807) is 0 Å². The summed E-state index contributed by atoms with van der Waals surface area (Å²) in [5, 5.41) is 0. The number of rotatable bonds is 4. The van der Waals surface area contributed by atoms with Gasteiger partial charge in [-0.2, -0.15) is 0 Å². The molecule has 4 nitrogen and oxygen atoms in total. The summed E-state index contributed by atoms with van der Waals surface area (Å²) >= 11 is 0. The van der Waals surface area contributed by atoms with Crippen molar-refractivity contribution in [2.75, 3.05) is 0 Å². The van der Waals surface area contributed by atoms with Crippen LogP contribution in [0, 0.1) is 0 Å². The normalized spacial score (nSPS) is 15.5. The van der Waals surface area contributed by atoms with E-state index in [-0.39, 0.29) is 6.04 Å². The van der Waals surface area contributed by atoms with E-state index >= 15 is 0 Å². The van der Waals surface area contributed by atoms with E-state index in [4.69, 9.17) is 10.5 Å². The summed E-state index contributed by atoms with van der Waals surface area (Å²) in [5.74, 6) is 1.05. The van der Waals surface area contributed by atoms with E-state index < -0.39 is 0 Å². The van der Waals surface area contributed by atoms with Gasteiger partial charge in [0.05, 0.1) is 13.2 Å². The number of benzene rings is 1. The van der Waals surface area contributed by atoms with Crippen LogP contribution < -0.4 is 5.73 Å². The van der Waals surface area contributed by atoms with Crippen LogP contribution in [-0.4, -0.2) is 9.55 Å². The Bertz CT molecular complexity index is 577. The molecule has 0 bridgehead atoms. The lowest BCUT2D eigenvalue weighted by molar-refractivity contribution is 0.134. The molecule has 0 saturated heterocycles. The molecule has 100 valence electrons. The quantitative estimate of drug-likeness (QED) is 0.913. The first kappa shape index (κ1) is 12.4. The molecule has 2 heterocycles. The number of fused-ring (bicyclic) bond motifs is 1. The maximum absolute atomic E-state index is 6.31. The number of ether oxygens (including phenoxy) is 1. The number of nitrogens with two attached hydrogens (primary N) is 1. The van der Waals surface area contributed by atoms with E-state index in [1.807, 2.05) is 12.4 Å². The van der Waals surface area contributed by atoms with E-state index in [2.05, 4.69) is 34.7 Å². The van der Waals surface area contributed by atoms with E-state index in [0.29, 0.717) is 6.61 Å². The largest absolute Gasteiger partial charge is 0.372 e. The van der Waals surface area contributed by atoms with Crippen molar-refractivity contribution >= 4 is 0 Å².